The maximum Gasteiger partial charge on any atom is 0.102 e. The van der Waals surface area contributed by atoms with Gasteiger partial charge >= 0.3 is 0 Å². The smallest absolute Gasteiger partial charge is 0.102 e. The molecule has 0 fully saturated rings. The quantitative estimate of drug-likeness (QED) is 0.507. The van der Waals surface area contributed by atoms with Gasteiger partial charge in [-0.05, 0) is 19.3 Å². The molecule has 0 aromatic rings. The van der Waals surface area contributed by atoms with Gasteiger partial charge in [0.2, 0.25) is 0 Å². The summed E-state index contributed by atoms with van der Waals surface area (Å²) in [5.41, 5.74) is 1.53. The highest BCUT2D eigenvalue weighted by Crippen LogP contribution is 2.06. The van der Waals surface area contributed by atoms with Crippen molar-refractivity contribution in [3.8, 4) is 0 Å². The number of nitrogens with one attached hydrogen (secondary N) is 1. The van der Waals surface area contributed by atoms with E-state index in [-0.39, 0.29) is 0 Å². The van der Waals surface area contributed by atoms with Gasteiger partial charge in [-0.3, -0.25) is 4.90 Å². The van der Waals surface area contributed by atoms with Crippen molar-refractivity contribution in [3.05, 3.63) is 30.6 Å². The van der Waals surface area contributed by atoms with Crippen molar-refractivity contribution in [2.24, 2.45) is 0 Å². The topological polar surface area (TPSA) is 28.2 Å². The largest absolute Gasteiger partial charge is 0.512 e. The lowest BCUT2D eigenvalue weighted by atomic mass is 10.1. The van der Waals surface area contributed by atoms with E-state index in [0.29, 0.717) is 0 Å². The summed E-state index contributed by atoms with van der Waals surface area (Å²) in [7, 11) is 0. The van der Waals surface area contributed by atoms with Gasteiger partial charge in [-0.2, -0.15) is 0 Å². The summed E-state index contributed by atoms with van der Waals surface area (Å²) in [5, 5.41) is 6.25. The van der Waals surface area contributed by atoms with E-state index in [1.807, 2.05) is 0 Å². The third kappa shape index (κ3) is 7.76. The van der Waals surface area contributed by atoms with Gasteiger partial charge in [0.1, 0.15) is 6.20 Å². The average molecular weight is 234 g/mol. The number of nitrogens with zero attached hydrogens (tertiary/aromatic N) is 1. The van der Waals surface area contributed by atoms with E-state index in [1.54, 1.807) is 4.90 Å². The fourth-order valence-electron chi connectivity index (χ4n) is 2.08. The lowest BCUT2D eigenvalue weighted by Crippen LogP contribution is -3.01. The molecule has 0 saturated heterocycles. The third-order valence-corrected chi connectivity index (χ3v) is 2.99. The fraction of sp³-hybridized carbons (Fsp3) is 0.667. The first-order valence-corrected chi connectivity index (χ1v) is 6.83. The van der Waals surface area contributed by atoms with Crippen LogP contribution in [-0.4, -0.2) is 6.54 Å². The molecular weight excluding hydrogens is 208 g/mol. The van der Waals surface area contributed by atoms with Crippen LogP contribution in [-0.2, 0) is 0 Å². The monoisotopic (exact) mass is 234 g/mol. The molecule has 0 amide bonds. The maximum absolute atomic E-state index is 6.25. The molecule has 0 aliphatic carbocycles. The summed E-state index contributed by atoms with van der Waals surface area (Å²) in [6.45, 7) is 10.6. The second-order valence-corrected chi connectivity index (χ2v) is 4.54. The zero-order valence-corrected chi connectivity index (χ0v) is 11.3. The van der Waals surface area contributed by atoms with Crippen molar-refractivity contribution in [1.29, 1.82) is 5.26 Å². The molecule has 0 aromatic carbocycles. The Morgan fingerprint density at radius 3 is 2.41 bits per heavy atom. The highest BCUT2D eigenvalue weighted by atomic mass is 15.1. The molecular formula is C15H26N2. The molecule has 96 valence electrons. The van der Waals surface area contributed by atoms with Crippen LogP contribution in [0, 0.1) is 11.8 Å². The predicted molar refractivity (Wildman–Crippen MR) is 71.7 cm³/mol. The molecule has 2 nitrogen and oxygen atoms in total. The van der Waals surface area contributed by atoms with Crippen LogP contribution in [0.2, 0.25) is 0 Å². The van der Waals surface area contributed by atoms with Gasteiger partial charge in [-0.1, -0.05) is 39.5 Å². The first-order valence-electron chi connectivity index (χ1n) is 6.83. The number of rotatable bonds is 8. The molecule has 17 heavy (non-hydrogen) atoms. The molecule has 1 atom stereocenters. The SMILES string of the molecule is CCCCCCC[NH+]1C=CC(CCC)=C1.[C-]#N. The number of quaternary nitrogens is 1. The average Bonchev–Trinajstić information content (AvgIpc) is 2.80. The zero-order chi connectivity index (χ0) is 12.9. The van der Waals surface area contributed by atoms with Gasteiger partial charge in [0, 0.05) is 11.6 Å². The molecule has 1 aliphatic heterocycles. The first-order chi connectivity index (χ1) is 8.36. The van der Waals surface area contributed by atoms with Gasteiger partial charge in [-0.15, -0.1) is 0 Å². The lowest BCUT2D eigenvalue weighted by molar-refractivity contribution is -0.788. The van der Waals surface area contributed by atoms with Crippen molar-refractivity contribution in [3.63, 3.8) is 0 Å². The van der Waals surface area contributed by atoms with Gasteiger partial charge in [0.05, 0.1) is 12.7 Å². The molecule has 1 heterocycles. The Balaban J connectivity index is 0.00000121. The fourth-order valence-corrected chi connectivity index (χ4v) is 2.08. The van der Waals surface area contributed by atoms with Crippen molar-refractivity contribution in [2.45, 2.75) is 58.8 Å². The molecule has 0 bridgehead atoms. The Morgan fingerprint density at radius 1 is 1.06 bits per heavy atom. The van der Waals surface area contributed by atoms with Crippen LogP contribution in [0.15, 0.2) is 24.0 Å². The van der Waals surface area contributed by atoms with Crippen LogP contribution >= 0.6 is 0 Å². The van der Waals surface area contributed by atoms with Crippen molar-refractivity contribution < 1.29 is 4.90 Å². The van der Waals surface area contributed by atoms with E-state index >= 15 is 0 Å². The number of allylic oxidation sites excluding steroid dienone is 2. The normalized spacial score (nSPS) is 17.4. The van der Waals surface area contributed by atoms with Gasteiger partial charge in [0.25, 0.3) is 0 Å². The van der Waals surface area contributed by atoms with Gasteiger partial charge in [0.15, 0.2) is 0 Å². The van der Waals surface area contributed by atoms with E-state index in [1.165, 1.54) is 57.1 Å². The highest BCUT2D eigenvalue weighted by molar-refractivity contribution is 5.17. The molecule has 1 unspecified atom stereocenters. The summed E-state index contributed by atoms with van der Waals surface area (Å²) in [5.74, 6) is 0. The van der Waals surface area contributed by atoms with Gasteiger partial charge in [-0.25, -0.2) is 0 Å². The Labute approximate surface area is 107 Å². The minimum atomic E-state index is 1.25. The van der Waals surface area contributed by atoms with Crippen LogP contribution < -0.4 is 4.90 Å². The summed E-state index contributed by atoms with van der Waals surface area (Å²) in [4.78, 5) is 1.55. The summed E-state index contributed by atoms with van der Waals surface area (Å²) >= 11 is 0. The molecule has 0 saturated carbocycles. The minimum absolute atomic E-state index is 1.25. The minimum Gasteiger partial charge on any atom is -0.512 e. The molecule has 0 spiro atoms. The van der Waals surface area contributed by atoms with Gasteiger partial charge < -0.3 is 11.8 Å². The second-order valence-electron chi connectivity index (χ2n) is 4.54. The van der Waals surface area contributed by atoms with Crippen molar-refractivity contribution in [1.82, 2.24) is 0 Å². The Bertz CT molecular complexity index is 251. The number of hydrogen-bond acceptors (Lipinski definition) is 1. The Kier molecular flexibility index (Phi) is 10.7. The summed E-state index contributed by atoms with van der Waals surface area (Å²) in [6, 6.07) is 0. The molecule has 1 rings (SSSR count). The summed E-state index contributed by atoms with van der Waals surface area (Å²) < 4.78 is 0. The van der Waals surface area contributed by atoms with E-state index in [2.05, 4.69) is 32.3 Å². The molecule has 1 N–H and O–H groups in total. The van der Waals surface area contributed by atoms with E-state index in [4.69, 9.17) is 11.8 Å². The van der Waals surface area contributed by atoms with Crippen LogP contribution in [0.4, 0.5) is 0 Å². The lowest BCUT2D eigenvalue weighted by Gasteiger charge is -2.06. The predicted octanol–water partition coefficient (Wildman–Crippen LogP) is 3.15. The van der Waals surface area contributed by atoms with Crippen molar-refractivity contribution >= 4 is 0 Å². The van der Waals surface area contributed by atoms with Crippen LogP contribution in [0.1, 0.15) is 58.8 Å². The summed E-state index contributed by atoms with van der Waals surface area (Å²) in [6.07, 6.45) is 16.4. The first kappa shape index (κ1) is 15.9. The van der Waals surface area contributed by atoms with Crippen molar-refractivity contribution in [2.75, 3.05) is 6.54 Å². The zero-order valence-electron chi connectivity index (χ0n) is 11.3. The van der Waals surface area contributed by atoms with Crippen LogP contribution in [0.3, 0.4) is 0 Å². The standard InChI is InChI=1S/C14H25N.CN/c1-3-5-6-7-8-11-15-12-10-14(13-15)9-4-2;1-2/h10,12-13H,3-9,11H2,1-2H3;/q;-1/p+1. The molecule has 0 aromatic heterocycles. The number of unbranched alkanes of at least 4 members (excludes halogenated alkanes) is 4. The molecule has 1 aliphatic rings. The second kappa shape index (κ2) is 11.4. The van der Waals surface area contributed by atoms with Crippen LogP contribution in [0.25, 0.3) is 0 Å². The third-order valence-electron chi connectivity index (χ3n) is 2.99. The van der Waals surface area contributed by atoms with E-state index in [0.717, 1.165) is 0 Å². The van der Waals surface area contributed by atoms with E-state index < -0.39 is 0 Å². The van der Waals surface area contributed by atoms with Crippen LogP contribution in [0.5, 0.6) is 0 Å². The Hall–Kier alpha value is -1.07. The molecule has 0 radical (unpaired) electrons. The molecule has 2 heteroatoms. The number of hydrogen-bond donors (Lipinski definition) is 1. The Morgan fingerprint density at radius 2 is 1.76 bits per heavy atom. The maximum atomic E-state index is 6.25. The highest BCUT2D eigenvalue weighted by Gasteiger charge is 2.09. The van der Waals surface area contributed by atoms with E-state index in [9.17, 15) is 0 Å².